The Balaban J connectivity index is 2.01. The molecule has 0 saturated heterocycles. The number of rotatable bonds is 3. The van der Waals surface area contributed by atoms with E-state index >= 15 is 0 Å². The topological polar surface area (TPSA) is 74.6 Å². The van der Waals surface area contributed by atoms with E-state index in [1.807, 2.05) is 42.5 Å². The number of carboxylic acids is 2. The molecule has 4 nitrogen and oxygen atoms in total. The predicted molar refractivity (Wildman–Crippen MR) is 101 cm³/mol. The summed E-state index contributed by atoms with van der Waals surface area (Å²) in [6, 6.07) is 21.6. The first-order chi connectivity index (χ1) is 12.5. The summed E-state index contributed by atoms with van der Waals surface area (Å²) in [6.45, 7) is 0. The molecule has 0 aliphatic heterocycles. The molecule has 0 heterocycles. The zero-order valence-corrected chi connectivity index (χ0v) is 13.6. The first-order valence-electron chi connectivity index (χ1n) is 8.07. The Morgan fingerprint density at radius 3 is 2.15 bits per heavy atom. The molecular formula is C22H14O4. The number of carbonyl (C=O) groups is 2. The summed E-state index contributed by atoms with van der Waals surface area (Å²) in [5.41, 5.74) is 2.12. The van der Waals surface area contributed by atoms with Crippen LogP contribution in [-0.4, -0.2) is 22.2 Å². The largest absolute Gasteiger partial charge is 0.478 e. The van der Waals surface area contributed by atoms with Crippen molar-refractivity contribution in [3.63, 3.8) is 0 Å². The number of carboxylic acid groups (broad SMARTS) is 2. The van der Waals surface area contributed by atoms with Crippen molar-refractivity contribution in [3.05, 3.63) is 83.9 Å². The zero-order chi connectivity index (χ0) is 18.3. The van der Waals surface area contributed by atoms with Gasteiger partial charge >= 0.3 is 11.9 Å². The van der Waals surface area contributed by atoms with Crippen molar-refractivity contribution in [2.24, 2.45) is 0 Å². The summed E-state index contributed by atoms with van der Waals surface area (Å²) >= 11 is 0. The van der Waals surface area contributed by atoms with Crippen LogP contribution in [0.3, 0.4) is 0 Å². The number of hydrogen-bond donors (Lipinski definition) is 2. The van der Waals surface area contributed by atoms with Gasteiger partial charge < -0.3 is 10.2 Å². The molecule has 0 spiro atoms. The van der Waals surface area contributed by atoms with Crippen molar-refractivity contribution < 1.29 is 19.8 Å². The molecule has 0 amide bonds. The van der Waals surface area contributed by atoms with Crippen LogP contribution in [0.2, 0.25) is 0 Å². The van der Waals surface area contributed by atoms with Gasteiger partial charge in [-0.05, 0) is 56.9 Å². The van der Waals surface area contributed by atoms with Gasteiger partial charge in [0.25, 0.3) is 0 Å². The lowest BCUT2D eigenvalue weighted by Crippen LogP contribution is -1.98. The van der Waals surface area contributed by atoms with Crippen LogP contribution in [0.5, 0.6) is 0 Å². The van der Waals surface area contributed by atoms with Crippen LogP contribution in [0.1, 0.15) is 20.7 Å². The highest BCUT2D eigenvalue weighted by molar-refractivity contribution is 6.07. The SMILES string of the molecule is O=C(O)c1cc(-c2ccc3c(C(=O)O)cccc3c2)c2ccccc2c1. The van der Waals surface area contributed by atoms with Gasteiger partial charge in [0.1, 0.15) is 0 Å². The fourth-order valence-electron chi connectivity index (χ4n) is 3.31. The average molecular weight is 342 g/mol. The van der Waals surface area contributed by atoms with Crippen LogP contribution in [0.15, 0.2) is 72.8 Å². The van der Waals surface area contributed by atoms with E-state index in [1.165, 1.54) is 0 Å². The van der Waals surface area contributed by atoms with Gasteiger partial charge in [-0.3, -0.25) is 0 Å². The molecule has 4 rings (SSSR count). The van der Waals surface area contributed by atoms with Crippen LogP contribution in [0.25, 0.3) is 32.7 Å². The zero-order valence-electron chi connectivity index (χ0n) is 13.6. The maximum absolute atomic E-state index is 11.5. The summed E-state index contributed by atoms with van der Waals surface area (Å²) in [5.74, 6) is -1.95. The van der Waals surface area contributed by atoms with Crippen molar-refractivity contribution in [1.29, 1.82) is 0 Å². The third kappa shape index (κ3) is 2.58. The molecule has 2 N–H and O–H groups in total. The lowest BCUT2D eigenvalue weighted by atomic mass is 9.93. The lowest BCUT2D eigenvalue weighted by molar-refractivity contribution is 0.0687. The molecule has 0 bridgehead atoms. The molecular weight excluding hydrogens is 328 g/mol. The molecule has 0 fully saturated rings. The normalized spacial score (nSPS) is 10.9. The standard InChI is InChI=1S/C22H14O4/c23-21(24)16-11-13-4-1-2-6-17(13)20(12-16)15-8-9-18-14(10-15)5-3-7-19(18)22(25)26/h1-12H,(H,23,24)(H,25,26). The number of fused-ring (bicyclic) bond motifs is 2. The van der Waals surface area contributed by atoms with Gasteiger partial charge in [-0.15, -0.1) is 0 Å². The molecule has 0 atom stereocenters. The molecule has 126 valence electrons. The quantitative estimate of drug-likeness (QED) is 0.546. The van der Waals surface area contributed by atoms with Gasteiger partial charge in [-0.2, -0.15) is 0 Å². The van der Waals surface area contributed by atoms with Crippen LogP contribution in [0, 0.1) is 0 Å². The molecule has 0 aliphatic carbocycles. The average Bonchev–Trinajstić information content (AvgIpc) is 2.66. The minimum Gasteiger partial charge on any atom is -0.478 e. The van der Waals surface area contributed by atoms with E-state index in [0.29, 0.717) is 5.39 Å². The van der Waals surface area contributed by atoms with Crippen LogP contribution in [0.4, 0.5) is 0 Å². The Kier molecular flexibility index (Phi) is 3.66. The molecule has 0 unspecified atom stereocenters. The Morgan fingerprint density at radius 1 is 0.654 bits per heavy atom. The third-order valence-corrected chi connectivity index (χ3v) is 4.53. The highest BCUT2D eigenvalue weighted by Crippen LogP contribution is 2.33. The van der Waals surface area contributed by atoms with Crippen molar-refractivity contribution in [2.75, 3.05) is 0 Å². The van der Waals surface area contributed by atoms with Crippen LogP contribution in [-0.2, 0) is 0 Å². The fraction of sp³-hybridized carbons (Fsp3) is 0. The van der Waals surface area contributed by atoms with E-state index in [2.05, 4.69) is 0 Å². The first-order valence-corrected chi connectivity index (χ1v) is 8.07. The van der Waals surface area contributed by atoms with E-state index in [0.717, 1.165) is 27.3 Å². The fourth-order valence-corrected chi connectivity index (χ4v) is 3.31. The van der Waals surface area contributed by atoms with Crippen molar-refractivity contribution in [2.45, 2.75) is 0 Å². The molecule has 4 aromatic rings. The number of aromatic carboxylic acids is 2. The minimum atomic E-state index is -0.981. The summed E-state index contributed by atoms with van der Waals surface area (Å²) in [5, 5.41) is 22.0. The first kappa shape index (κ1) is 15.8. The van der Waals surface area contributed by atoms with Gasteiger partial charge in [0, 0.05) is 0 Å². The predicted octanol–water partition coefficient (Wildman–Crippen LogP) is 5.06. The van der Waals surface area contributed by atoms with Gasteiger partial charge in [-0.1, -0.05) is 48.5 Å². The second-order valence-corrected chi connectivity index (χ2v) is 6.10. The van der Waals surface area contributed by atoms with Crippen LogP contribution < -0.4 is 0 Å². The second-order valence-electron chi connectivity index (χ2n) is 6.10. The minimum absolute atomic E-state index is 0.220. The molecule has 4 heteroatoms. The Labute approximate surface area is 148 Å². The highest BCUT2D eigenvalue weighted by atomic mass is 16.4. The van der Waals surface area contributed by atoms with Crippen LogP contribution >= 0.6 is 0 Å². The summed E-state index contributed by atoms with van der Waals surface area (Å²) in [4.78, 5) is 22.9. The van der Waals surface area contributed by atoms with Gasteiger partial charge in [0.2, 0.25) is 0 Å². The second kappa shape index (κ2) is 6.01. The van der Waals surface area contributed by atoms with E-state index in [4.69, 9.17) is 0 Å². The maximum atomic E-state index is 11.5. The van der Waals surface area contributed by atoms with Gasteiger partial charge in [0.15, 0.2) is 0 Å². The molecule has 0 radical (unpaired) electrons. The lowest BCUT2D eigenvalue weighted by Gasteiger charge is -2.11. The third-order valence-electron chi connectivity index (χ3n) is 4.53. The summed E-state index contributed by atoms with van der Waals surface area (Å²) < 4.78 is 0. The molecule has 26 heavy (non-hydrogen) atoms. The monoisotopic (exact) mass is 342 g/mol. The maximum Gasteiger partial charge on any atom is 0.336 e. The number of hydrogen-bond acceptors (Lipinski definition) is 2. The molecule has 0 saturated carbocycles. The van der Waals surface area contributed by atoms with E-state index in [1.54, 1.807) is 30.3 Å². The Bertz CT molecular complexity index is 1190. The van der Waals surface area contributed by atoms with Crippen molar-refractivity contribution >= 4 is 33.5 Å². The van der Waals surface area contributed by atoms with Crippen molar-refractivity contribution in [1.82, 2.24) is 0 Å². The van der Waals surface area contributed by atoms with Gasteiger partial charge in [-0.25, -0.2) is 9.59 Å². The highest BCUT2D eigenvalue weighted by Gasteiger charge is 2.13. The van der Waals surface area contributed by atoms with E-state index in [-0.39, 0.29) is 11.1 Å². The number of benzene rings is 4. The van der Waals surface area contributed by atoms with E-state index < -0.39 is 11.9 Å². The summed E-state index contributed by atoms with van der Waals surface area (Å²) in [6.07, 6.45) is 0. The molecule has 0 aliphatic rings. The van der Waals surface area contributed by atoms with Crippen molar-refractivity contribution in [3.8, 4) is 11.1 Å². The molecule has 0 aromatic heterocycles. The smallest absolute Gasteiger partial charge is 0.336 e. The Hall–Kier alpha value is -3.66. The summed E-state index contributed by atoms with van der Waals surface area (Å²) in [7, 11) is 0. The Morgan fingerprint density at radius 2 is 1.38 bits per heavy atom. The van der Waals surface area contributed by atoms with Gasteiger partial charge in [0.05, 0.1) is 11.1 Å². The molecule has 4 aromatic carbocycles. The van der Waals surface area contributed by atoms with E-state index in [9.17, 15) is 19.8 Å².